The Morgan fingerprint density at radius 3 is 2.64 bits per heavy atom. The molecule has 0 atom stereocenters. The van der Waals surface area contributed by atoms with Crippen LogP contribution in [0.5, 0.6) is 0 Å². The number of hydrogen-bond donors (Lipinski definition) is 0. The van der Waals surface area contributed by atoms with Gasteiger partial charge in [-0.2, -0.15) is 11.8 Å². The van der Waals surface area contributed by atoms with Gasteiger partial charge in [-0.25, -0.2) is 0 Å². The smallest absolute Gasteiger partial charge is 0.284 e. The van der Waals surface area contributed by atoms with Gasteiger partial charge in [0.25, 0.3) is 5.91 Å². The molecule has 14 heavy (non-hydrogen) atoms. The van der Waals surface area contributed by atoms with E-state index in [2.05, 4.69) is 10.2 Å². The summed E-state index contributed by atoms with van der Waals surface area (Å²) in [5.74, 6) is 1.95. The maximum absolute atomic E-state index is 11.8. The minimum absolute atomic E-state index is 0.0466. The first-order valence-electron chi connectivity index (χ1n) is 4.13. The van der Waals surface area contributed by atoms with Gasteiger partial charge in [-0.1, -0.05) is 11.3 Å². The molecule has 1 aliphatic heterocycles. The summed E-state index contributed by atoms with van der Waals surface area (Å²) in [6, 6.07) is 0. The molecule has 0 unspecified atom stereocenters. The number of rotatable bonds is 1. The van der Waals surface area contributed by atoms with Gasteiger partial charge in [0.05, 0.1) is 0 Å². The quantitative estimate of drug-likeness (QED) is 0.755. The van der Waals surface area contributed by atoms with Gasteiger partial charge in [0, 0.05) is 24.6 Å². The lowest BCUT2D eigenvalue weighted by Crippen LogP contribution is -2.37. The maximum Gasteiger partial charge on any atom is 0.284 e. The highest BCUT2D eigenvalue weighted by Gasteiger charge is 2.21. The zero-order valence-corrected chi connectivity index (χ0v) is 9.66. The van der Waals surface area contributed by atoms with Gasteiger partial charge >= 0.3 is 0 Å². The molecule has 0 saturated carbocycles. The summed E-state index contributed by atoms with van der Waals surface area (Å²) < 4.78 is 0.319. The molecule has 0 aliphatic carbocycles. The monoisotopic (exact) mass is 249 g/mol. The number of hydrogen-bond acceptors (Lipinski definition) is 5. The van der Waals surface area contributed by atoms with Crippen molar-refractivity contribution in [3.8, 4) is 0 Å². The molecular formula is C7H8ClN3OS2. The van der Waals surface area contributed by atoms with E-state index in [1.165, 1.54) is 0 Å². The molecule has 1 saturated heterocycles. The summed E-state index contributed by atoms with van der Waals surface area (Å²) in [6.07, 6.45) is 0. The third-order valence-corrected chi connectivity index (χ3v) is 3.83. The number of halogens is 1. The predicted octanol–water partition coefficient (Wildman–Crippen LogP) is 1.38. The highest BCUT2D eigenvalue weighted by molar-refractivity contribution is 7.99. The molecular weight excluding hydrogens is 242 g/mol. The fourth-order valence-electron chi connectivity index (χ4n) is 1.19. The molecule has 1 amide bonds. The summed E-state index contributed by atoms with van der Waals surface area (Å²) in [6.45, 7) is 1.58. The SMILES string of the molecule is O=C(c1nnc(Cl)s1)N1CCSCC1. The maximum atomic E-state index is 11.8. The minimum atomic E-state index is -0.0466. The summed E-state index contributed by atoms with van der Waals surface area (Å²) in [5, 5.41) is 7.73. The number of thioether (sulfide) groups is 1. The average Bonchev–Trinajstić information content (AvgIpc) is 2.65. The highest BCUT2D eigenvalue weighted by atomic mass is 35.5. The number of carbonyl (C=O) groups is 1. The van der Waals surface area contributed by atoms with E-state index in [1.54, 1.807) is 4.90 Å². The van der Waals surface area contributed by atoms with Crippen LogP contribution in [0, 0.1) is 0 Å². The molecule has 2 rings (SSSR count). The standard InChI is InChI=1S/C7H8ClN3OS2/c8-7-10-9-5(14-7)6(12)11-1-3-13-4-2-11/h1-4H2. The van der Waals surface area contributed by atoms with Gasteiger partial charge in [-0.3, -0.25) is 4.79 Å². The van der Waals surface area contributed by atoms with Crippen molar-refractivity contribution < 1.29 is 4.79 Å². The Labute approximate surface area is 94.6 Å². The van der Waals surface area contributed by atoms with Crippen molar-refractivity contribution in [2.45, 2.75) is 0 Å². The molecule has 1 aromatic heterocycles. The molecule has 7 heteroatoms. The van der Waals surface area contributed by atoms with Crippen molar-refractivity contribution in [1.29, 1.82) is 0 Å². The fourth-order valence-corrected chi connectivity index (χ4v) is 2.89. The predicted molar refractivity (Wildman–Crippen MR) is 58.1 cm³/mol. The zero-order chi connectivity index (χ0) is 9.97. The van der Waals surface area contributed by atoms with Gasteiger partial charge in [0.2, 0.25) is 9.47 Å². The lowest BCUT2D eigenvalue weighted by molar-refractivity contribution is 0.0771. The van der Waals surface area contributed by atoms with Crippen molar-refractivity contribution in [1.82, 2.24) is 15.1 Å². The lowest BCUT2D eigenvalue weighted by Gasteiger charge is -2.25. The minimum Gasteiger partial charge on any atom is -0.335 e. The summed E-state index contributed by atoms with van der Waals surface area (Å²) in [7, 11) is 0. The summed E-state index contributed by atoms with van der Waals surface area (Å²) in [5.41, 5.74) is 0. The van der Waals surface area contributed by atoms with Crippen LogP contribution in [0.3, 0.4) is 0 Å². The van der Waals surface area contributed by atoms with E-state index in [0.29, 0.717) is 9.47 Å². The molecule has 4 nitrogen and oxygen atoms in total. The number of nitrogens with zero attached hydrogens (tertiary/aromatic N) is 3. The normalized spacial score (nSPS) is 17.1. The fraction of sp³-hybridized carbons (Fsp3) is 0.571. The molecule has 0 bridgehead atoms. The Morgan fingerprint density at radius 1 is 1.36 bits per heavy atom. The van der Waals surface area contributed by atoms with E-state index in [1.807, 2.05) is 11.8 Å². The first kappa shape index (κ1) is 10.2. The molecule has 0 aromatic carbocycles. The van der Waals surface area contributed by atoms with E-state index >= 15 is 0 Å². The highest BCUT2D eigenvalue weighted by Crippen LogP contribution is 2.18. The molecule has 1 aliphatic rings. The van der Waals surface area contributed by atoms with Crippen molar-refractivity contribution in [2.75, 3.05) is 24.6 Å². The lowest BCUT2D eigenvalue weighted by atomic mass is 10.4. The van der Waals surface area contributed by atoms with Crippen molar-refractivity contribution in [3.63, 3.8) is 0 Å². The van der Waals surface area contributed by atoms with Crippen LogP contribution in [-0.2, 0) is 0 Å². The van der Waals surface area contributed by atoms with Crippen LogP contribution in [0.2, 0.25) is 4.47 Å². The van der Waals surface area contributed by atoms with E-state index in [0.717, 1.165) is 35.9 Å². The van der Waals surface area contributed by atoms with Gasteiger partial charge in [-0.05, 0) is 11.6 Å². The first-order valence-corrected chi connectivity index (χ1v) is 6.48. The number of carbonyl (C=O) groups excluding carboxylic acids is 1. The molecule has 76 valence electrons. The molecule has 2 heterocycles. The largest absolute Gasteiger partial charge is 0.335 e. The molecule has 0 radical (unpaired) electrons. The van der Waals surface area contributed by atoms with E-state index in [4.69, 9.17) is 11.6 Å². The Hall–Kier alpha value is -0.330. The number of amides is 1. The second-order valence-corrected chi connectivity index (χ2v) is 5.55. The Balaban J connectivity index is 2.07. The first-order chi connectivity index (χ1) is 6.77. The summed E-state index contributed by atoms with van der Waals surface area (Å²) in [4.78, 5) is 13.6. The second-order valence-electron chi connectivity index (χ2n) is 2.76. The van der Waals surface area contributed by atoms with Crippen molar-refractivity contribution >= 4 is 40.6 Å². The summed E-state index contributed by atoms with van der Waals surface area (Å²) >= 11 is 8.61. The number of aromatic nitrogens is 2. The van der Waals surface area contributed by atoms with Crippen LogP contribution in [0.1, 0.15) is 9.80 Å². The Morgan fingerprint density at radius 2 is 2.07 bits per heavy atom. The van der Waals surface area contributed by atoms with E-state index in [-0.39, 0.29) is 5.91 Å². The molecule has 1 aromatic rings. The van der Waals surface area contributed by atoms with Gasteiger partial charge in [-0.15, -0.1) is 10.2 Å². The van der Waals surface area contributed by atoms with E-state index < -0.39 is 0 Å². The average molecular weight is 250 g/mol. The van der Waals surface area contributed by atoms with Crippen LogP contribution in [0.4, 0.5) is 0 Å². The molecule has 1 fully saturated rings. The Kier molecular flexibility index (Phi) is 3.25. The van der Waals surface area contributed by atoms with Crippen LogP contribution < -0.4 is 0 Å². The third-order valence-electron chi connectivity index (χ3n) is 1.88. The van der Waals surface area contributed by atoms with Crippen molar-refractivity contribution in [2.24, 2.45) is 0 Å². The Bertz CT molecular complexity index is 337. The van der Waals surface area contributed by atoms with E-state index in [9.17, 15) is 4.79 Å². The van der Waals surface area contributed by atoms with Crippen LogP contribution in [0.15, 0.2) is 0 Å². The van der Waals surface area contributed by atoms with Gasteiger partial charge in [0.15, 0.2) is 0 Å². The van der Waals surface area contributed by atoms with Crippen LogP contribution in [0.25, 0.3) is 0 Å². The third kappa shape index (κ3) is 2.18. The van der Waals surface area contributed by atoms with Gasteiger partial charge < -0.3 is 4.90 Å². The van der Waals surface area contributed by atoms with Crippen LogP contribution in [-0.4, -0.2) is 45.6 Å². The van der Waals surface area contributed by atoms with Crippen LogP contribution >= 0.6 is 34.7 Å². The molecule has 0 N–H and O–H groups in total. The second kappa shape index (κ2) is 4.46. The van der Waals surface area contributed by atoms with Gasteiger partial charge in [0.1, 0.15) is 0 Å². The topological polar surface area (TPSA) is 46.1 Å². The van der Waals surface area contributed by atoms with Crippen molar-refractivity contribution in [3.05, 3.63) is 9.47 Å². The molecule has 0 spiro atoms. The zero-order valence-electron chi connectivity index (χ0n) is 7.27.